The fourth-order valence-electron chi connectivity index (χ4n) is 1.29. The van der Waals surface area contributed by atoms with Crippen LogP contribution in [0.4, 0.5) is 18.9 Å². The lowest BCUT2D eigenvalue weighted by molar-refractivity contribution is -0.0328. The molecule has 1 N–H and O–H groups in total. The van der Waals surface area contributed by atoms with Gasteiger partial charge in [-0.25, -0.2) is 4.98 Å². The van der Waals surface area contributed by atoms with Gasteiger partial charge in [-0.05, 0) is 36.0 Å². The van der Waals surface area contributed by atoms with Crippen LogP contribution in [0.2, 0.25) is 0 Å². The zero-order chi connectivity index (χ0) is 13.0. The minimum Gasteiger partial charge on any atom is -0.447 e. The van der Waals surface area contributed by atoms with Crippen molar-refractivity contribution in [2.24, 2.45) is 0 Å². The molecule has 0 radical (unpaired) electrons. The number of aromatic nitrogens is 1. The number of benzene rings is 1. The molecule has 0 amide bonds. The largest absolute Gasteiger partial charge is 0.447 e. The van der Waals surface area contributed by atoms with Gasteiger partial charge in [0.05, 0.1) is 12.7 Å². The Bertz CT molecular complexity index is 482. The van der Waals surface area contributed by atoms with Crippen LogP contribution in [0.1, 0.15) is 5.76 Å². The van der Waals surface area contributed by atoms with Crippen LogP contribution >= 0.6 is 11.8 Å². The first-order chi connectivity index (χ1) is 8.53. The molecule has 0 aliphatic rings. The van der Waals surface area contributed by atoms with Crippen molar-refractivity contribution in [2.45, 2.75) is 16.9 Å². The molecule has 0 unspecified atom stereocenters. The molecule has 0 bridgehead atoms. The summed E-state index contributed by atoms with van der Waals surface area (Å²) in [6.07, 6.45) is 2.89. The van der Waals surface area contributed by atoms with Crippen LogP contribution in [0.3, 0.4) is 0 Å². The van der Waals surface area contributed by atoms with Crippen molar-refractivity contribution >= 4 is 17.4 Å². The molecule has 0 aliphatic carbocycles. The van der Waals surface area contributed by atoms with E-state index in [2.05, 4.69) is 10.3 Å². The highest BCUT2D eigenvalue weighted by atomic mass is 32.2. The van der Waals surface area contributed by atoms with E-state index in [1.54, 1.807) is 18.3 Å². The zero-order valence-electron chi connectivity index (χ0n) is 9.07. The van der Waals surface area contributed by atoms with Crippen LogP contribution in [0, 0.1) is 0 Å². The standard InChI is InChI=1S/C11H9F3N2OS/c12-11(13,14)18-10-3-1-8(2-4-10)16-6-9-5-15-7-17-9/h1-5,7,16H,6H2. The van der Waals surface area contributed by atoms with Crippen molar-refractivity contribution in [1.82, 2.24) is 4.98 Å². The van der Waals surface area contributed by atoms with Gasteiger partial charge in [0, 0.05) is 10.6 Å². The molecule has 0 aliphatic heterocycles. The average molecular weight is 274 g/mol. The molecule has 1 aromatic carbocycles. The van der Waals surface area contributed by atoms with Crippen LogP contribution in [0.5, 0.6) is 0 Å². The van der Waals surface area contributed by atoms with Gasteiger partial charge >= 0.3 is 5.51 Å². The molecular weight excluding hydrogens is 265 g/mol. The first-order valence-electron chi connectivity index (χ1n) is 5.00. The second kappa shape index (κ2) is 5.34. The maximum absolute atomic E-state index is 12.1. The summed E-state index contributed by atoms with van der Waals surface area (Å²) in [5.74, 6) is 0.656. The zero-order valence-corrected chi connectivity index (χ0v) is 9.89. The highest BCUT2D eigenvalue weighted by Gasteiger charge is 2.28. The van der Waals surface area contributed by atoms with Crippen molar-refractivity contribution < 1.29 is 17.6 Å². The summed E-state index contributed by atoms with van der Waals surface area (Å²) in [7, 11) is 0. The molecule has 2 rings (SSSR count). The molecule has 2 aromatic rings. The van der Waals surface area contributed by atoms with Gasteiger partial charge in [-0.3, -0.25) is 0 Å². The Morgan fingerprint density at radius 3 is 2.50 bits per heavy atom. The predicted molar refractivity (Wildman–Crippen MR) is 62.2 cm³/mol. The number of nitrogens with one attached hydrogen (secondary N) is 1. The van der Waals surface area contributed by atoms with Crippen LogP contribution in [0.15, 0.2) is 46.2 Å². The van der Waals surface area contributed by atoms with Crippen molar-refractivity contribution in [3.05, 3.63) is 42.6 Å². The number of hydrogen-bond donors (Lipinski definition) is 1. The Morgan fingerprint density at radius 1 is 1.22 bits per heavy atom. The van der Waals surface area contributed by atoms with Gasteiger partial charge in [0.2, 0.25) is 0 Å². The fourth-order valence-corrected chi connectivity index (χ4v) is 1.83. The maximum atomic E-state index is 12.1. The number of anilines is 1. The summed E-state index contributed by atoms with van der Waals surface area (Å²) in [6.45, 7) is 0.436. The quantitative estimate of drug-likeness (QED) is 0.858. The predicted octanol–water partition coefficient (Wildman–Crippen LogP) is 3.90. The SMILES string of the molecule is FC(F)(F)Sc1ccc(NCc2cnco2)cc1. The van der Waals surface area contributed by atoms with E-state index in [0.717, 1.165) is 5.69 Å². The summed E-state index contributed by atoms with van der Waals surface area (Å²) >= 11 is -0.131. The van der Waals surface area contributed by atoms with Crippen molar-refractivity contribution in [1.29, 1.82) is 0 Å². The van der Waals surface area contributed by atoms with Gasteiger partial charge < -0.3 is 9.73 Å². The highest BCUT2D eigenvalue weighted by molar-refractivity contribution is 8.00. The minimum absolute atomic E-state index is 0.131. The van der Waals surface area contributed by atoms with Gasteiger partial charge in [-0.15, -0.1) is 0 Å². The molecule has 0 spiro atoms. The number of rotatable bonds is 4. The number of alkyl halides is 3. The molecule has 0 saturated carbocycles. The van der Waals surface area contributed by atoms with Crippen molar-refractivity contribution in [3.63, 3.8) is 0 Å². The second-order valence-electron chi connectivity index (χ2n) is 3.39. The molecule has 0 fully saturated rings. The van der Waals surface area contributed by atoms with Crippen LogP contribution < -0.4 is 5.32 Å². The number of halogens is 3. The number of hydrogen-bond acceptors (Lipinski definition) is 4. The lowest BCUT2D eigenvalue weighted by atomic mass is 10.3. The highest BCUT2D eigenvalue weighted by Crippen LogP contribution is 2.37. The Hall–Kier alpha value is -1.63. The van der Waals surface area contributed by atoms with Crippen LogP contribution in [0.25, 0.3) is 0 Å². The number of oxazole rings is 1. The first kappa shape index (κ1) is 12.8. The van der Waals surface area contributed by atoms with Crippen molar-refractivity contribution in [2.75, 3.05) is 5.32 Å². The molecule has 0 atom stereocenters. The van der Waals surface area contributed by atoms with E-state index >= 15 is 0 Å². The van der Waals surface area contributed by atoms with E-state index in [9.17, 15) is 13.2 Å². The summed E-state index contributed by atoms with van der Waals surface area (Å²) in [6, 6.07) is 6.01. The summed E-state index contributed by atoms with van der Waals surface area (Å²) in [5, 5.41) is 3.01. The fraction of sp³-hybridized carbons (Fsp3) is 0.182. The Balaban J connectivity index is 1.91. The second-order valence-corrected chi connectivity index (χ2v) is 4.53. The minimum atomic E-state index is -4.26. The summed E-state index contributed by atoms with van der Waals surface area (Å²) in [5.41, 5.74) is -3.53. The molecule has 0 saturated heterocycles. The lowest BCUT2D eigenvalue weighted by Gasteiger charge is -2.07. The van der Waals surface area contributed by atoms with E-state index in [1.807, 2.05) is 0 Å². The smallest absolute Gasteiger partial charge is 0.446 e. The number of nitrogens with zero attached hydrogens (tertiary/aromatic N) is 1. The van der Waals surface area contributed by atoms with E-state index < -0.39 is 5.51 Å². The van der Waals surface area contributed by atoms with Gasteiger partial charge in [0.15, 0.2) is 6.39 Å². The van der Waals surface area contributed by atoms with E-state index in [4.69, 9.17) is 4.42 Å². The number of thioether (sulfide) groups is 1. The van der Waals surface area contributed by atoms with Crippen molar-refractivity contribution in [3.8, 4) is 0 Å². The van der Waals surface area contributed by atoms with E-state index in [1.165, 1.54) is 18.5 Å². The topological polar surface area (TPSA) is 38.1 Å². The molecule has 96 valence electrons. The monoisotopic (exact) mass is 274 g/mol. The average Bonchev–Trinajstić information content (AvgIpc) is 2.79. The third kappa shape index (κ3) is 3.99. The van der Waals surface area contributed by atoms with E-state index in [-0.39, 0.29) is 16.7 Å². The lowest BCUT2D eigenvalue weighted by Crippen LogP contribution is -2.00. The van der Waals surface area contributed by atoms with Gasteiger partial charge in [0.1, 0.15) is 5.76 Å². The molecule has 7 heteroatoms. The first-order valence-corrected chi connectivity index (χ1v) is 5.82. The van der Waals surface area contributed by atoms with Crippen LogP contribution in [-0.4, -0.2) is 10.5 Å². The van der Waals surface area contributed by atoms with E-state index in [0.29, 0.717) is 12.3 Å². The molecule has 18 heavy (non-hydrogen) atoms. The molecule has 3 nitrogen and oxygen atoms in total. The van der Waals surface area contributed by atoms with Gasteiger partial charge in [-0.2, -0.15) is 13.2 Å². The molecular formula is C11H9F3N2OS. The maximum Gasteiger partial charge on any atom is 0.446 e. The van der Waals surface area contributed by atoms with Gasteiger partial charge in [-0.1, -0.05) is 0 Å². The molecule has 1 aromatic heterocycles. The third-order valence-corrected chi connectivity index (χ3v) is 2.78. The Morgan fingerprint density at radius 2 is 1.94 bits per heavy atom. The summed E-state index contributed by atoms with van der Waals surface area (Å²) in [4.78, 5) is 3.91. The Labute approximate surface area is 105 Å². The third-order valence-electron chi connectivity index (χ3n) is 2.04. The molecule has 1 heterocycles. The van der Waals surface area contributed by atoms with Gasteiger partial charge in [0.25, 0.3) is 0 Å². The summed E-state index contributed by atoms with van der Waals surface area (Å²) < 4.78 is 41.3. The van der Waals surface area contributed by atoms with Crippen LogP contribution in [-0.2, 0) is 6.54 Å². The Kier molecular flexibility index (Phi) is 3.81. The normalized spacial score (nSPS) is 11.5.